The van der Waals surface area contributed by atoms with Gasteiger partial charge in [-0.05, 0) is 64.2 Å². The van der Waals surface area contributed by atoms with Crippen molar-refractivity contribution < 1.29 is 47.9 Å². The summed E-state index contributed by atoms with van der Waals surface area (Å²) in [5.41, 5.74) is 0. The summed E-state index contributed by atoms with van der Waals surface area (Å²) < 4.78 is 40.0. The van der Waals surface area contributed by atoms with Crippen molar-refractivity contribution in [2.24, 2.45) is 11.8 Å². The lowest BCUT2D eigenvalue weighted by atomic mass is 9.87. The third-order valence-electron chi connectivity index (χ3n) is 7.97. The first-order valence-electron chi connectivity index (χ1n) is 13.2. The van der Waals surface area contributed by atoms with Crippen LogP contribution in [0.3, 0.4) is 0 Å². The monoisotopic (exact) mass is 498 g/mol. The number of hydrogen-bond donors (Lipinski definition) is 1. The first-order chi connectivity index (χ1) is 16.9. The van der Waals surface area contributed by atoms with Crippen LogP contribution in [0, 0.1) is 11.8 Å². The van der Waals surface area contributed by atoms with E-state index in [1.807, 2.05) is 6.92 Å². The normalized spacial score (nSPS) is 45.7. The minimum Gasteiger partial charge on any atom is -0.462 e. The first-order valence-corrected chi connectivity index (χ1v) is 13.2. The predicted octanol–water partition coefficient (Wildman–Crippen LogP) is 2.19. The topological polar surface area (TPSA) is 119 Å². The molecule has 7 unspecified atom stereocenters. The van der Waals surface area contributed by atoms with Crippen LogP contribution in [-0.4, -0.2) is 79.1 Å². The fraction of sp³-hybridized carbons (Fsp3) is 0.920. The van der Waals surface area contributed by atoms with Gasteiger partial charge in [-0.3, -0.25) is 9.59 Å². The van der Waals surface area contributed by atoms with Gasteiger partial charge in [-0.1, -0.05) is 6.92 Å². The molecule has 2 aliphatic carbocycles. The third kappa shape index (κ3) is 5.99. The number of ether oxygens (including phenoxy) is 7. The van der Waals surface area contributed by atoms with E-state index in [2.05, 4.69) is 6.92 Å². The summed E-state index contributed by atoms with van der Waals surface area (Å²) in [6.45, 7) is 4.38. The quantitative estimate of drug-likeness (QED) is 0.431. The minimum atomic E-state index is -0.849. The molecule has 1 N–H and O–H groups in total. The van der Waals surface area contributed by atoms with Crippen LogP contribution >= 0.6 is 0 Å². The van der Waals surface area contributed by atoms with Crippen molar-refractivity contribution in [2.75, 3.05) is 6.61 Å². The maximum absolute atomic E-state index is 12.2. The highest BCUT2D eigenvalue weighted by Crippen LogP contribution is 2.41. The highest BCUT2D eigenvalue weighted by atomic mass is 16.8. The number of rotatable bonds is 6. The van der Waals surface area contributed by atoms with Gasteiger partial charge in [0.15, 0.2) is 18.9 Å². The van der Waals surface area contributed by atoms with E-state index in [9.17, 15) is 14.7 Å². The van der Waals surface area contributed by atoms with Gasteiger partial charge in [-0.25, -0.2) is 0 Å². The van der Waals surface area contributed by atoms with Gasteiger partial charge >= 0.3 is 11.9 Å². The molecule has 5 rings (SSSR count). The van der Waals surface area contributed by atoms with E-state index < -0.39 is 42.8 Å². The van der Waals surface area contributed by atoms with Gasteiger partial charge in [0.25, 0.3) is 0 Å². The SMILES string of the molecule is CC1CCC(OC(=O)CC(=O)OC2CCC(C3OC4OC(C5COC(C)O5)C(O)C4O3)CC2)CC1. The molecule has 2 saturated carbocycles. The Morgan fingerprint density at radius 3 is 1.94 bits per heavy atom. The molecule has 0 aromatic carbocycles. The fourth-order valence-corrected chi connectivity index (χ4v) is 5.89. The Morgan fingerprint density at radius 2 is 1.37 bits per heavy atom. The summed E-state index contributed by atoms with van der Waals surface area (Å²) in [5.74, 6) is -0.233. The lowest BCUT2D eigenvalue weighted by Gasteiger charge is -2.32. The lowest BCUT2D eigenvalue weighted by molar-refractivity contribution is -0.207. The molecular weight excluding hydrogens is 460 g/mol. The Kier molecular flexibility index (Phi) is 7.96. The molecule has 7 atom stereocenters. The molecule has 5 aliphatic rings. The zero-order valence-electron chi connectivity index (χ0n) is 20.5. The molecule has 0 radical (unpaired) electrons. The summed E-state index contributed by atoms with van der Waals surface area (Å²) in [6, 6.07) is 0. The maximum atomic E-state index is 12.2. The van der Waals surface area contributed by atoms with Crippen LogP contribution in [0.2, 0.25) is 0 Å². The second-order valence-corrected chi connectivity index (χ2v) is 10.7. The Labute approximate surface area is 205 Å². The zero-order chi connectivity index (χ0) is 24.5. The molecule has 10 heteroatoms. The first kappa shape index (κ1) is 25.4. The van der Waals surface area contributed by atoms with Crippen molar-refractivity contribution in [2.45, 2.75) is 127 Å². The van der Waals surface area contributed by atoms with Crippen LogP contribution in [0.25, 0.3) is 0 Å². The Balaban J connectivity index is 1.00. The molecule has 3 aliphatic heterocycles. The second kappa shape index (κ2) is 11.0. The van der Waals surface area contributed by atoms with E-state index in [1.165, 1.54) is 0 Å². The summed E-state index contributed by atoms with van der Waals surface area (Å²) in [7, 11) is 0. The van der Waals surface area contributed by atoms with Crippen LogP contribution in [0.1, 0.15) is 71.6 Å². The molecule has 0 spiro atoms. The van der Waals surface area contributed by atoms with Gasteiger partial charge in [0.05, 0.1) is 6.61 Å². The fourth-order valence-electron chi connectivity index (χ4n) is 5.89. The Hall–Kier alpha value is -1.30. The Morgan fingerprint density at radius 1 is 0.771 bits per heavy atom. The van der Waals surface area contributed by atoms with Gasteiger partial charge in [0.1, 0.15) is 43.0 Å². The van der Waals surface area contributed by atoms with Crippen LogP contribution in [0.5, 0.6) is 0 Å². The third-order valence-corrected chi connectivity index (χ3v) is 7.97. The van der Waals surface area contributed by atoms with Gasteiger partial charge in [-0.2, -0.15) is 0 Å². The zero-order valence-corrected chi connectivity index (χ0v) is 20.5. The minimum absolute atomic E-state index is 0.0757. The molecule has 10 nitrogen and oxygen atoms in total. The summed E-state index contributed by atoms with van der Waals surface area (Å²) in [4.78, 5) is 24.4. The highest BCUT2D eigenvalue weighted by Gasteiger charge is 2.56. The smallest absolute Gasteiger partial charge is 0.317 e. The number of fused-ring (bicyclic) bond motifs is 1. The van der Waals surface area contributed by atoms with Crippen molar-refractivity contribution in [3.05, 3.63) is 0 Å². The highest BCUT2D eigenvalue weighted by molar-refractivity contribution is 5.91. The molecule has 198 valence electrons. The molecule has 5 fully saturated rings. The number of carbonyl (C=O) groups excluding carboxylic acids is 2. The van der Waals surface area contributed by atoms with E-state index in [0.717, 1.165) is 38.5 Å². The maximum Gasteiger partial charge on any atom is 0.317 e. The van der Waals surface area contributed by atoms with E-state index in [1.54, 1.807) is 0 Å². The largest absolute Gasteiger partial charge is 0.462 e. The van der Waals surface area contributed by atoms with Crippen LogP contribution in [0.15, 0.2) is 0 Å². The van der Waals surface area contributed by atoms with E-state index in [4.69, 9.17) is 33.2 Å². The molecule has 0 aromatic rings. The van der Waals surface area contributed by atoms with Crippen molar-refractivity contribution in [3.63, 3.8) is 0 Å². The van der Waals surface area contributed by atoms with Crippen LogP contribution in [0.4, 0.5) is 0 Å². The van der Waals surface area contributed by atoms with Crippen molar-refractivity contribution in [3.8, 4) is 0 Å². The van der Waals surface area contributed by atoms with Crippen molar-refractivity contribution in [1.82, 2.24) is 0 Å². The average molecular weight is 499 g/mol. The van der Waals surface area contributed by atoms with Gasteiger partial charge in [0.2, 0.25) is 0 Å². The van der Waals surface area contributed by atoms with Crippen molar-refractivity contribution in [1.29, 1.82) is 0 Å². The average Bonchev–Trinajstić information content (AvgIpc) is 3.52. The van der Waals surface area contributed by atoms with Crippen LogP contribution in [-0.2, 0) is 42.7 Å². The van der Waals surface area contributed by atoms with Gasteiger partial charge in [-0.15, -0.1) is 0 Å². The summed E-state index contributed by atoms with van der Waals surface area (Å²) in [6.07, 6.45) is 2.33. The van der Waals surface area contributed by atoms with Gasteiger partial charge in [0, 0.05) is 5.92 Å². The predicted molar refractivity (Wildman–Crippen MR) is 119 cm³/mol. The number of hydrogen-bond acceptors (Lipinski definition) is 10. The summed E-state index contributed by atoms with van der Waals surface area (Å²) in [5, 5.41) is 10.7. The molecule has 0 aromatic heterocycles. The number of esters is 2. The Bertz CT molecular complexity index is 745. The van der Waals surface area contributed by atoms with Crippen molar-refractivity contribution >= 4 is 11.9 Å². The molecule has 3 saturated heterocycles. The van der Waals surface area contributed by atoms with Crippen LogP contribution < -0.4 is 0 Å². The van der Waals surface area contributed by atoms with Gasteiger partial charge < -0.3 is 38.3 Å². The molecule has 3 heterocycles. The van der Waals surface area contributed by atoms with E-state index >= 15 is 0 Å². The van der Waals surface area contributed by atoms with E-state index in [-0.39, 0.29) is 36.9 Å². The number of aliphatic hydroxyl groups excluding tert-OH is 1. The molecular formula is C25H38O10. The molecule has 35 heavy (non-hydrogen) atoms. The summed E-state index contributed by atoms with van der Waals surface area (Å²) >= 11 is 0. The molecule has 0 bridgehead atoms. The molecule has 0 amide bonds. The van der Waals surface area contributed by atoms with E-state index in [0.29, 0.717) is 25.4 Å². The standard InChI is InChI=1S/C25H38O10/c1-13-3-7-16(8-4-13)31-19(26)11-20(27)32-17-9-5-15(6-10-17)24-34-23-21(28)22(33-25(23)35-24)18-12-29-14(2)30-18/h13-18,21-25,28H,3-12H2,1-2H3. The second-order valence-electron chi connectivity index (χ2n) is 10.7. The number of carbonyl (C=O) groups is 2. The lowest BCUT2D eigenvalue weighted by Crippen LogP contribution is -2.41. The number of aliphatic hydroxyl groups is 1.